The Morgan fingerprint density at radius 1 is 1.17 bits per heavy atom. The average Bonchev–Trinajstić information content (AvgIpc) is 3.38. The number of amides is 1. The van der Waals surface area contributed by atoms with E-state index in [4.69, 9.17) is 4.74 Å². The first-order valence-corrected chi connectivity index (χ1v) is 12.9. The molecule has 0 unspecified atom stereocenters. The smallest absolute Gasteiger partial charge is 0.331 e. The number of nitrogens with one attached hydrogen (secondary N) is 1. The highest BCUT2D eigenvalue weighted by Crippen LogP contribution is 2.30. The lowest BCUT2D eigenvalue weighted by molar-refractivity contribution is -0.126. The maximum atomic E-state index is 13.6. The normalized spacial score (nSPS) is 17.9. The van der Waals surface area contributed by atoms with Crippen molar-refractivity contribution in [1.82, 2.24) is 14.5 Å². The quantitative estimate of drug-likeness (QED) is 0.457. The second-order valence-electron chi connectivity index (χ2n) is 9.12. The van der Waals surface area contributed by atoms with Crippen LogP contribution in [-0.2, 0) is 17.9 Å². The van der Waals surface area contributed by atoms with Gasteiger partial charge in [0, 0.05) is 30.1 Å². The fourth-order valence-corrected chi connectivity index (χ4v) is 5.71. The van der Waals surface area contributed by atoms with Crippen LogP contribution >= 0.6 is 11.3 Å². The van der Waals surface area contributed by atoms with Crippen LogP contribution in [-0.4, -0.2) is 35.0 Å². The van der Waals surface area contributed by atoms with Gasteiger partial charge in [0.2, 0.25) is 5.91 Å². The van der Waals surface area contributed by atoms with Gasteiger partial charge in [0.25, 0.3) is 5.56 Å². The Morgan fingerprint density at radius 2 is 1.94 bits per heavy atom. The Labute approximate surface area is 207 Å². The molecule has 0 spiro atoms. The summed E-state index contributed by atoms with van der Waals surface area (Å²) in [5.41, 5.74) is 1.12. The molecule has 3 aromatic rings. The van der Waals surface area contributed by atoms with E-state index in [0.717, 1.165) is 38.4 Å². The number of fused-ring (bicyclic) bond motifs is 1. The van der Waals surface area contributed by atoms with E-state index in [9.17, 15) is 19.2 Å². The number of rotatable bonds is 9. The molecule has 2 aromatic heterocycles. The number of benzene rings is 1. The predicted octanol–water partition coefficient (Wildman–Crippen LogP) is 3.43. The van der Waals surface area contributed by atoms with E-state index < -0.39 is 0 Å². The van der Waals surface area contributed by atoms with Crippen LogP contribution in [0.5, 0.6) is 5.75 Å². The zero-order valence-electron chi connectivity index (χ0n) is 20.1. The lowest BCUT2D eigenvalue weighted by Crippen LogP contribution is -2.42. The maximum absolute atomic E-state index is 13.6. The van der Waals surface area contributed by atoms with Crippen molar-refractivity contribution in [3.05, 3.63) is 61.6 Å². The molecule has 9 heteroatoms. The van der Waals surface area contributed by atoms with Gasteiger partial charge in [-0.25, -0.2) is 4.79 Å². The Kier molecular flexibility index (Phi) is 7.85. The average molecular weight is 498 g/mol. The fourth-order valence-electron chi connectivity index (χ4n) is 4.87. The molecule has 1 saturated carbocycles. The van der Waals surface area contributed by atoms with Crippen LogP contribution in [0.3, 0.4) is 0 Å². The van der Waals surface area contributed by atoms with Crippen LogP contribution in [0.2, 0.25) is 0 Å². The molecule has 1 fully saturated rings. The van der Waals surface area contributed by atoms with Gasteiger partial charge < -0.3 is 10.1 Å². The number of carbonyl (C=O) groups is 2. The summed E-state index contributed by atoms with van der Waals surface area (Å²) >= 11 is 1.32. The van der Waals surface area contributed by atoms with Crippen LogP contribution < -0.4 is 21.3 Å². The molecule has 4 rings (SSSR count). The summed E-state index contributed by atoms with van der Waals surface area (Å²) in [6.45, 7) is 3.23. The summed E-state index contributed by atoms with van der Waals surface area (Å²) in [4.78, 5) is 50.4. The minimum absolute atomic E-state index is 0.00326. The largest absolute Gasteiger partial charge is 0.496 e. The molecule has 0 atom stereocenters. The van der Waals surface area contributed by atoms with Crippen molar-refractivity contribution >= 4 is 33.7 Å². The molecule has 186 valence electrons. The minimum Gasteiger partial charge on any atom is -0.496 e. The third kappa shape index (κ3) is 5.24. The van der Waals surface area contributed by atoms with E-state index in [-0.39, 0.29) is 35.5 Å². The van der Waals surface area contributed by atoms with E-state index in [1.807, 2.05) is 12.3 Å². The molecule has 1 aromatic carbocycles. The second kappa shape index (κ2) is 11.0. The summed E-state index contributed by atoms with van der Waals surface area (Å²) in [5, 5.41) is 4.78. The van der Waals surface area contributed by atoms with E-state index in [1.54, 1.807) is 35.9 Å². The number of methoxy groups -OCH3 is 1. The van der Waals surface area contributed by atoms with Gasteiger partial charge in [-0.1, -0.05) is 6.92 Å². The number of carbonyl (C=O) groups excluding carboxylic acids is 2. The van der Waals surface area contributed by atoms with Gasteiger partial charge >= 0.3 is 5.69 Å². The third-order valence-electron chi connectivity index (χ3n) is 6.81. The molecule has 0 bridgehead atoms. The highest BCUT2D eigenvalue weighted by Gasteiger charge is 2.27. The van der Waals surface area contributed by atoms with Gasteiger partial charge in [-0.3, -0.25) is 23.5 Å². The number of ether oxygens (including phenoxy) is 1. The number of aldehydes is 1. The lowest BCUT2D eigenvalue weighted by atomic mass is 9.81. The van der Waals surface area contributed by atoms with Crippen LogP contribution in [0.4, 0.5) is 0 Å². The van der Waals surface area contributed by atoms with E-state index in [0.29, 0.717) is 40.2 Å². The first-order chi connectivity index (χ1) is 17.0. The van der Waals surface area contributed by atoms with Gasteiger partial charge in [-0.05, 0) is 67.7 Å². The van der Waals surface area contributed by atoms with Crippen LogP contribution in [0, 0.1) is 11.8 Å². The number of hydrogen-bond acceptors (Lipinski definition) is 6. The van der Waals surface area contributed by atoms with Crippen molar-refractivity contribution in [2.45, 2.75) is 52.1 Å². The summed E-state index contributed by atoms with van der Waals surface area (Å²) in [6, 6.07) is 6.86. The molecular weight excluding hydrogens is 466 g/mol. The van der Waals surface area contributed by atoms with E-state index in [2.05, 4.69) is 5.32 Å². The Morgan fingerprint density at radius 3 is 2.63 bits per heavy atom. The van der Waals surface area contributed by atoms with Gasteiger partial charge in [0.1, 0.15) is 16.7 Å². The Hall–Kier alpha value is -3.20. The highest BCUT2D eigenvalue weighted by molar-refractivity contribution is 7.17. The number of hydrogen-bond donors (Lipinski definition) is 1. The second-order valence-corrected chi connectivity index (χ2v) is 10.0. The fraction of sp³-hybridized carbons (Fsp3) is 0.462. The van der Waals surface area contributed by atoms with Crippen molar-refractivity contribution in [3.63, 3.8) is 0 Å². The molecule has 0 saturated heterocycles. The summed E-state index contributed by atoms with van der Waals surface area (Å²) in [7, 11) is 1.54. The van der Waals surface area contributed by atoms with Gasteiger partial charge in [0.15, 0.2) is 0 Å². The molecular formula is C26H31N3O5S. The van der Waals surface area contributed by atoms with Crippen LogP contribution in [0.1, 0.15) is 54.9 Å². The van der Waals surface area contributed by atoms with Crippen molar-refractivity contribution in [3.8, 4) is 5.75 Å². The number of thiophene rings is 1. The summed E-state index contributed by atoms with van der Waals surface area (Å²) in [6.07, 6.45) is 4.79. The van der Waals surface area contributed by atoms with Crippen molar-refractivity contribution in [2.75, 3.05) is 13.7 Å². The van der Waals surface area contributed by atoms with Crippen molar-refractivity contribution < 1.29 is 14.3 Å². The van der Waals surface area contributed by atoms with E-state index in [1.165, 1.54) is 15.9 Å². The number of nitrogens with zero attached hydrogens (tertiary/aromatic N) is 2. The van der Waals surface area contributed by atoms with Gasteiger partial charge in [-0.15, -0.1) is 11.3 Å². The van der Waals surface area contributed by atoms with Crippen molar-refractivity contribution in [1.29, 1.82) is 0 Å². The van der Waals surface area contributed by atoms with Crippen LogP contribution in [0.25, 0.3) is 10.2 Å². The molecule has 1 N–H and O–H groups in total. The maximum Gasteiger partial charge on any atom is 0.331 e. The third-order valence-corrected chi connectivity index (χ3v) is 7.70. The minimum atomic E-state index is -0.373. The molecule has 1 aliphatic rings. The Balaban J connectivity index is 1.62. The van der Waals surface area contributed by atoms with Gasteiger partial charge in [-0.2, -0.15) is 0 Å². The van der Waals surface area contributed by atoms with Crippen LogP contribution in [0.15, 0.2) is 39.2 Å². The monoisotopic (exact) mass is 497 g/mol. The lowest BCUT2D eigenvalue weighted by Gasteiger charge is -2.28. The first kappa shape index (κ1) is 24.9. The van der Waals surface area contributed by atoms with E-state index >= 15 is 0 Å². The first-order valence-electron chi connectivity index (χ1n) is 12.1. The zero-order chi connectivity index (χ0) is 24.9. The summed E-state index contributed by atoms with van der Waals surface area (Å²) in [5.74, 6) is 0.845. The highest BCUT2D eigenvalue weighted by atomic mass is 32.1. The molecule has 35 heavy (non-hydrogen) atoms. The molecule has 2 heterocycles. The zero-order valence-corrected chi connectivity index (χ0v) is 20.9. The molecule has 0 aliphatic heterocycles. The molecule has 1 aliphatic carbocycles. The van der Waals surface area contributed by atoms with Gasteiger partial charge in [0.05, 0.1) is 19.2 Å². The predicted molar refractivity (Wildman–Crippen MR) is 137 cm³/mol. The standard InChI is InChI=1S/C26H31N3O5S/c1-3-11-27-24(31)19-7-4-17(5-8-19)14-29-25(32)23-21(10-12-35-23)28(26(29)33)15-20-13-18(16-30)6-9-22(20)34-2/h6,9-10,12-13,16-17,19H,3-5,7-8,11,14-15H2,1-2H3,(H,27,31). The molecule has 1 amide bonds. The van der Waals surface area contributed by atoms with Crippen molar-refractivity contribution in [2.24, 2.45) is 11.8 Å². The summed E-state index contributed by atoms with van der Waals surface area (Å²) < 4.78 is 8.91. The molecule has 8 nitrogen and oxygen atoms in total. The topological polar surface area (TPSA) is 99.4 Å². The Bertz CT molecular complexity index is 1330. The number of aromatic nitrogens is 2. The molecule has 0 radical (unpaired) electrons. The SMILES string of the molecule is CCCNC(=O)C1CCC(Cn2c(=O)c3sccc3n(Cc3cc(C=O)ccc3OC)c2=O)CC1.